The van der Waals surface area contributed by atoms with Gasteiger partial charge in [-0.2, -0.15) is 0 Å². The van der Waals surface area contributed by atoms with Gasteiger partial charge < -0.3 is 4.74 Å². The van der Waals surface area contributed by atoms with E-state index >= 15 is 0 Å². The van der Waals surface area contributed by atoms with Crippen LogP contribution in [-0.4, -0.2) is 16.1 Å². The Morgan fingerprint density at radius 2 is 2.15 bits per heavy atom. The van der Waals surface area contributed by atoms with Gasteiger partial charge in [-0.1, -0.05) is 44.2 Å². The Morgan fingerprint density at radius 1 is 1.30 bits per heavy atom. The molecule has 0 spiro atoms. The van der Waals surface area contributed by atoms with E-state index in [2.05, 4.69) is 23.8 Å². The third kappa shape index (κ3) is 4.40. The molecule has 2 aromatic heterocycles. The quantitative estimate of drug-likeness (QED) is 0.495. The van der Waals surface area contributed by atoms with E-state index in [-0.39, 0.29) is 6.10 Å². The van der Waals surface area contributed by atoms with E-state index in [9.17, 15) is 0 Å². The van der Waals surface area contributed by atoms with Gasteiger partial charge in [-0.05, 0) is 24.8 Å². The largest absolute Gasteiger partial charge is 0.371 e. The molecular formula is C15H21ClN2OS. The summed E-state index contributed by atoms with van der Waals surface area (Å²) < 4.78 is 5.81. The van der Waals surface area contributed by atoms with Crippen LogP contribution in [0.1, 0.15) is 51.8 Å². The Morgan fingerprint density at radius 3 is 2.95 bits per heavy atom. The van der Waals surface area contributed by atoms with Crippen LogP contribution >= 0.6 is 22.9 Å². The zero-order valence-corrected chi connectivity index (χ0v) is 13.6. The lowest BCUT2D eigenvalue weighted by Gasteiger charge is -2.12. The molecule has 0 saturated carbocycles. The van der Waals surface area contributed by atoms with Crippen molar-refractivity contribution in [1.82, 2.24) is 9.97 Å². The van der Waals surface area contributed by atoms with Gasteiger partial charge in [-0.25, -0.2) is 9.97 Å². The van der Waals surface area contributed by atoms with E-state index in [1.54, 1.807) is 11.3 Å². The van der Waals surface area contributed by atoms with Crippen molar-refractivity contribution in [3.05, 3.63) is 22.4 Å². The monoisotopic (exact) mass is 312 g/mol. The highest BCUT2D eigenvalue weighted by Crippen LogP contribution is 2.25. The van der Waals surface area contributed by atoms with Gasteiger partial charge in [0.05, 0.1) is 6.10 Å². The van der Waals surface area contributed by atoms with Crippen molar-refractivity contribution < 1.29 is 4.74 Å². The van der Waals surface area contributed by atoms with Crippen molar-refractivity contribution >= 4 is 33.2 Å². The summed E-state index contributed by atoms with van der Waals surface area (Å²) in [4.78, 5) is 9.70. The maximum atomic E-state index is 6.14. The second-order valence-corrected chi connectivity index (χ2v) is 6.29. The minimum absolute atomic E-state index is 0.244. The number of ether oxygens (including phenoxy) is 1. The number of fused-ring (bicyclic) bond motifs is 1. The average Bonchev–Trinajstić information content (AvgIpc) is 2.90. The van der Waals surface area contributed by atoms with Gasteiger partial charge in [0.2, 0.25) is 0 Å². The highest BCUT2D eigenvalue weighted by Gasteiger charge is 2.09. The smallest absolute Gasteiger partial charge is 0.157 e. The first kappa shape index (κ1) is 15.7. The molecule has 0 fully saturated rings. The fraction of sp³-hybridized carbons (Fsp3) is 0.600. The van der Waals surface area contributed by atoms with Crippen LogP contribution in [-0.2, 0) is 11.3 Å². The van der Waals surface area contributed by atoms with E-state index in [1.165, 1.54) is 25.7 Å². The third-order valence-electron chi connectivity index (χ3n) is 3.29. The van der Waals surface area contributed by atoms with Crippen molar-refractivity contribution in [2.24, 2.45) is 0 Å². The van der Waals surface area contributed by atoms with E-state index in [1.807, 2.05) is 11.4 Å². The number of hydrogen-bond acceptors (Lipinski definition) is 4. The molecular weight excluding hydrogens is 292 g/mol. The predicted octanol–water partition coefficient (Wildman–Crippen LogP) is 5.22. The first-order chi connectivity index (χ1) is 9.70. The summed E-state index contributed by atoms with van der Waals surface area (Å²) in [5, 5.41) is 3.42. The van der Waals surface area contributed by atoms with Crippen LogP contribution in [0, 0.1) is 0 Å². The Labute approximate surface area is 129 Å². The normalized spacial score (nSPS) is 12.9. The molecule has 2 rings (SSSR count). The molecule has 0 saturated heterocycles. The van der Waals surface area contributed by atoms with Crippen molar-refractivity contribution in [1.29, 1.82) is 0 Å². The number of nitrogens with zero attached hydrogens (tertiary/aromatic N) is 2. The topological polar surface area (TPSA) is 35.0 Å². The fourth-order valence-corrected chi connectivity index (χ4v) is 3.17. The van der Waals surface area contributed by atoms with Gasteiger partial charge in [-0.15, -0.1) is 11.3 Å². The summed E-state index contributed by atoms with van der Waals surface area (Å²) in [5.41, 5.74) is 0. The van der Waals surface area contributed by atoms with Crippen molar-refractivity contribution in [2.45, 2.75) is 58.7 Å². The lowest BCUT2D eigenvalue weighted by molar-refractivity contribution is 0.0421. The molecule has 1 atom stereocenters. The zero-order valence-electron chi connectivity index (χ0n) is 12.1. The Hall–Kier alpha value is -0.710. The van der Waals surface area contributed by atoms with Gasteiger partial charge >= 0.3 is 0 Å². The van der Waals surface area contributed by atoms with E-state index < -0.39 is 0 Å². The molecule has 0 bridgehead atoms. The molecule has 0 radical (unpaired) electrons. The molecule has 110 valence electrons. The minimum atomic E-state index is 0.244. The van der Waals surface area contributed by atoms with E-state index in [0.717, 1.165) is 16.6 Å². The van der Waals surface area contributed by atoms with Crippen LogP contribution in [0.2, 0.25) is 5.15 Å². The van der Waals surface area contributed by atoms with Crippen LogP contribution in [0.4, 0.5) is 0 Å². The van der Waals surface area contributed by atoms with E-state index in [0.29, 0.717) is 17.6 Å². The second kappa shape index (κ2) is 7.91. The molecule has 0 aliphatic heterocycles. The summed E-state index contributed by atoms with van der Waals surface area (Å²) >= 11 is 7.72. The molecule has 0 N–H and O–H groups in total. The molecule has 20 heavy (non-hydrogen) atoms. The molecule has 0 amide bonds. The van der Waals surface area contributed by atoms with Crippen molar-refractivity contribution in [3.8, 4) is 0 Å². The molecule has 2 aromatic rings. The molecule has 0 aromatic carbocycles. The third-order valence-corrected chi connectivity index (χ3v) is 4.38. The lowest BCUT2D eigenvalue weighted by Crippen LogP contribution is -2.09. The predicted molar refractivity (Wildman–Crippen MR) is 85.4 cm³/mol. The summed E-state index contributed by atoms with van der Waals surface area (Å²) in [5.74, 6) is 0.672. The van der Waals surface area contributed by atoms with Crippen molar-refractivity contribution in [2.75, 3.05) is 0 Å². The van der Waals surface area contributed by atoms with Gasteiger partial charge in [0.25, 0.3) is 0 Å². The van der Waals surface area contributed by atoms with Gasteiger partial charge in [-0.3, -0.25) is 0 Å². The molecule has 5 heteroatoms. The van der Waals surface area contributed by atoms with Gasteiger partial charge in [0.1, 0.15) is 16.6 Å². The van der Waals surface area contributed by atoms with Crippen molar-refractivity contribution in [3.63, 3.8) is 0 Å². The number of rotatable bonds is 8. The maximum Gasteiger partial charge on any atom is 0.157 e. The van der Waals surface area contributed by atoms with Crippen LogP contribution in [0.25, 0.3) is 10.2 Å². The summed E-state index contributed by atoms with van der Waals surface area (Å²) in [7, 11) is 0. The fourth-order valence-electron chi connectivity index (χ4n) is 2.08. The van der Waals surface area contributed by atoms with Crippen LogP contribution in [0.15, 0.2) is 11.4 Å². The van der Waals surface area contributed by atoms with Crippen LogP contribution < -0.4 is 0 Å². The van der Waals surface area contributed by atoms with Gasteiger partial charge in [0.15, 0.2) is 5.82 Å². The Kier molecular flexibility index (Phi) is 6.20. The molecule has 0 aliphatic rings. The summed E-state index contributed by atoms with van der Waals surface area (Å²) in [6.45, 7) is 4.77. The SMILES string of the molecule is CCCCCCC(C)OCc1nc(Cl)c2ccsc2n1. The molecule has 3 nitrogen and oxygen atoms in total. The van der Waals surface area contributed by atoms with Gasteiger partial charge in [0, 0.05) is 5.39 Å². The lowest BCUT2D eigenvalue weighted by atomic mass is 10.1. The van der Waals surface area contributed by atoms with Crippen LogP contribution in [0.5, 0.6) is 0 Å². The number of unbranched alkanes of at least 4 members (excludes halogenated alkanes) is 3. The van der Waals surface area contributed by atoms with Crippen LogP contribution in [0.3, 0.4) is 0 Å². The first-order valence-electron chi connectivity index (χ1n) is 7.22. The molecule has 2 heterocycles. The molecule has 1 unspecified atom stereocenters. The highest BCUT2D eigenvalue weighted by molar-refractivity contribution is 7.16. The first-order valence-corrected chi connectivity index (χ1v) is 8.47. The summed E-state index contributed by atoms with van der Waals surface area (Å²) in [6, 6.07) is 1.95. The number of aromatic nitrogens is 2. The maximum absolute atomic E-state index is 6.14. The number of halogens is 1. The number of hydrogen-bond donors (Lipinski definition) is 0. The Bertz CT molecular complexity index is 544. The average molecular weight is 313 g/mol. The highest BCUT2D eigenvalue weighted by atomic mass is 35.5. The second-order valence-electron chi connectivity index (χ2n) is 5.04. The molecule has 0 aliphatic carbocycles. The number of thiophene rings is 1. The Balaban J connectivity index is 1.82. The zero-order chi connectivity index (χ0) is 14.4. The standard InChI is InChI=1S/C15H21ClN2OS/c1-3-4-5-6-7-11(2)19-10-13-17-14(16)12-8-9-20-15(12)18-13/h8-9,11H,3-7,10H2,1-2H3. The van der Waals surface area contributed by atoms with E-state index in [4.69, 9.17) is 16.3 Å². The minimum Gasteiger partial charge on any atom is -0.371 e. The summed E-state index contributed by atoms with van der Waals surface area (Å²) in [6.07, 6.45) is 6.42.